The number of nitrogens with zero attached hydrogens (tertiary/aromatic N) is 2. The highest BCUT2D eigenvalue weighted by Gasteiger charge is 2.33. The second kappa shape index (κ2) is 10.5. The molecule has 41 heavy (non-hydrogen) atoms. The van der Waals surface area contributed by atoms with Gasteiger partial charge >= 0.3 is 6.09 Å². The summed E-state index contributed by atoms with van der Waals surface area (Å²) in [5.74, 6) is 1.17. The summed E-state index contributed by atoms with van der Waals surface area (Å²) < 4.78 is 29.8. The molecule has 1 aliphatic heterocycles. The molecular weight excluding hydrogens is 589 g/mol. The zero-order valence-electron chi connectivity index (χ0n) is 23.8. The molecular formula is C32H35BrFN3O4. The van der Waals surface area contributed by atoms with Crippen molar-refractivity contribution in [3.05, 3.63) is 58.1 Å². The van der Waals surface area contributed by atoms with Gasteiger partial charge in [-0.05, 0) is 76.8 Å². The largest absolute Gasteiger partial charge is 0.454 e. The van der Waals surface area contributed by atoms with E-state index in [1.807, 2.05) is 19.1 Å². The molecule has 4 aromatic rings. The summed E-state index contributed by atoms with van der Waals surface area (Å²) in [5, 5.41) is 4.81. The van der Waals surface area contributed by atoms with Gasteiger partial charge in [0.25, 0.3) is 5.91 Å². The third-order valence-corrected chi connectivity index (χ3v) is 8.32. The van der Waals surface area contributed by atoms with E-state index in [1.54, 1.807) is 32.9 Å². The Morgan fingerprint density at radius 2 is 1.90 bits per heavy atom. The number of rotatable bonds is 5. The summed E-state index contributed by atoms with van der Waals surface area (Å²) in [5.41, 5.74) is 3.58. The normalized spacial score (nSPS) is 19.6. The summed E-state index contributed by atoms with van der Waals surface area (Å²) >= 11 is 3.62. The molecule has 2 aliphatic rings. The SMILES string of the molecule is Cc1c(-c2cc3ccc(Br)cc3n2CC2CC2)oc2cc(C(=O)N3C[C@H](F)C[C@@H](NC(=O)OC(C)(C)C)C3)ccc12. The molecule has 0 unspecified atom stereocenters. The molecule has 0 bridgehead atoms. The van der Waals surface area contributed by atoms with Crippen LogP contribution in [-0.2, 0) is 11.3 Å². The number of alkyl carbamates (subject to hydrolysis) is 1. The van der Waals surface area contributed by atoms with Gasteiger partial charge in [-0.1, -0.05) is 28.1 Å². The number of aromatic nitrogens is 1. The molecule has 2 atom stereocenters. The van der Waals surface area contributed by atoms with Crippen LogP contribution in [0.5, 0.6) is 0 Å². The molecule has 1 aliphatic carbocycles. The van der Waals surface area contributed by atoms with Crippen LogP contribution in [0.25, 0.3) is 33.3 Å². The van der Waals surface area contributed by atoms with Gasteiger partial charge in [0.05, 0.1) is 18.3 Å². The monoisotopic (exact) mass is 623 g/mol. The van der Waals surface area contributed by atoms with E-state index in [0.717, 1.165) is 44.3 Å². The van der Waals surface area contributed by atoms with Gasteiger partial charge in [-0.25, -0.2) is 9.18 Å². The van der Waals surface area contributed by atoms with Crippen molar-refractivity contribution >= 4 is 49.8 Å². The lowest BCUT2D eigenvalue weighted by atomic mass is 10.0. The number of aryl methyl sites for hydroxylation is 1. The fourth-order valence-corrected chi connectivity index (χ4v) is 6.09. The summed E-state index contributed by atoms with van der Waals surface area (Å²) in [4.78, 5) is 27.2. The van der Waals surface area contributed by atoms with Gasteiger partial charge in [0.15, 0.2) is 5.76 Å². The van der Waals surface area contributed by atoms with Crippen molar-refractivity contribution in [2.75, 3.05) is 13.1 Å². The van der Waals surface area contributed by atoms with Gasteiger partial charge in [0.1, 0.15) is 17.4 Å². The van der Waals surface area contributed by atoms with E-state index in [-0.39, 0.29) is 25.4 Å². The average molecular weight is 625 g/mol. The standard InChI is InChI=1S/C32H35BrFN3O4/c1-18-25-10-8-21(30(38)36-16-23(34)14-24(17-36)35-31(39)41-32(2,3)4)12-28(25)40-29(18)27-11-20-7-9-22(33)13-26(20)37(27)15-19-5-6-19/h7-13,19,23-24H,5-6,14-17H2,1-4H3,(H,35,39)/t23-,24-/m1/s1. The maximum Gasteiger partial charge on any atom is 0.407 e. The van der Waals surface area contributed by atoms with Gasteiger partial charge in [-0.15, -0.1) is 0 Å². The van der Waals surface area contributed by atoms with Crippen LogP contribution < -0.4 is 5.32 Å². The Bertz CT molecular complexity index is 1650. The van der Waals surface area contributed by atoms with Crippen molar-refractivity contribution < 1.29 is 23.1 Å². The van der Waals surface area contributed by atoms with Crippen LogP contribution in [0.2, 0.25) is 0 Å². The third kappa shape index (κ3) is 5.87. The highest BCUT2D eigenvalue weighted by Crippen LogP contribution is 2.40. The number of nitrogens with one attached hydrogen (secondary N) is 1. The number of hydrogen-bond acceptors (Lipinski definition) is 4. The van der Waals surface area contributed by atoms with Crippen molar-refractivity contribution in [2.45, 2.75) is 71.3 Å². The number of furan rings is 1. The van der Waals surface area contributed by atoms with Crippen molar-refractivity contribution in [2.24, 2.45) is 5.92 Å². The number of carbonyl (C=O) groups excluding carboxylic acids is 2. The second-order valence-corrected chi connectivity index (χ2v) is 13.4. The van der Waals surface area contributed by atoms with Crippen LogP contribution in [0.4, 0.5) is 9.18 Å². The maximum atomic E-state index is 14.7. The Morgan fingerprint density at radius 3 is 2.63 bits per heavy atom. The predicted molar refractivity (Wildman–Crippen MR) is 161 cm³/mol. The van der Waals surface area contributed by atoms with E-state index in [1.165, 1.54) is 17.7 Å². The van der Waals surface area contributed by atoms with Gasteiger partial charge in [-0.2, -0.15) is 0 Å². The first-order valence-corrected chi connectivity index (χ1v) is 15.0. The van der Waals surface area contributed by atoms with Gasteiger partial charge in [-0.3, -0.25) is 4.79 Å². The van der Waals surface area contributed by atoms with E-state index in [9.17, 15) is 14.0 Å². The molecule has 1 N–H and O–H groups in total. The molecule has 6 rings (SSSR count). The molecule has 2 amide bonds. The fourth-order valence-electron chi connectivity index (χ4n) is 5.74. The van der Waals surface area contributed by atoms with Gasteiger partial charge in [0, 0.05) is 51.4 Å². The summed E-state index contributed by atoms with van der Waals surface area (Å²) in [6.45, 7) is 8.47. The van der Waals surface area contributed by atoms with Crippen LogP contribution in [0, 0.1) is 12.8 Å². The highest BCUT2D eigenvalue weighted by atomic mass is 79.9. The van der Waals surface area contributed by atoms with E-state index in [0.29, 0.717) is 17.1 Å². The van der Waals surface area contributed by atoms with Crippen molar-refractivity contribution in [1.82, 2.24) is 14.8 Å². The molecule has 2 aromatic carbocycles. The molecule has 0 spiro atoms. The first-order chi connectivity index (χ1) is 19.4. The lowest BCUT2D eigenvalue weighted by Gasteiger charge is -2.35. The zero-order chi connectivity index (χ0) is 29.1. The van der Waals surface area contributed by atoms with E-state index < -0.39 is 23.9 Å². The molecule has 1 saturated carbocycles. The number of fused-ring (bicyclic) bond motifs is 2. The Kier molecular flexibility index (Phi) is 7.12. The minimum Gasteiger partial charge on any atom is -0.454 e. The predicted octanol–water partition coefficient (Wildman–Crippen LogP) is 7.61. The van der Waals surface area contributed by atoms with Crippen molar-refractivity contribution in [3.63, 3.8) is 0 Å². The van der Waals surface area contributed by atoms with Crippen LogP contribution in [0.3, 0.4) is 0 Å². The summed E-state index contributed by atoms with van der Waals surface area (Å²) in [6, 6.07) is 13.4. The number of carbonyl (C=O) groups is 2. The molecule has 0 radical (unpaired) electrons. The fraction of sp³-hybridized carbons (Fsp3) is 0.438. The molecule has 7 nitrogen and oxygen atoms in total. The average Bonchev–Trinajstić information content (AvgIpc) is 3.57. The molecule has 1 saturated heterocycles. The smallest absolute Gasteiger partial charge is 0.407 e. The minimum absolute atomic E-state index is 0.0252. The van der Waals surface area contributed by atoms with Gasteiger partial charge in [0.2, 0.25) is 0 Å². The second-order valence-electron chi connectivity index (χ2n) is 12.4. The molecule has 9 heteroatoms. The van der Waals surface area contributed by atoms with Crippen LogP contribution in [-0.4, -0.2) is 52.4 Å². The molecule has 216 valence electrons. The number of ether oxygens (including phenoxy) is 1. The van der Waals surface area contributed by atoms with Crippen LogP contribution >= 0.6 is 15.9 Å². The Balaban J connectivity index is 1.28. The Labute approximate surface area is 247 Å². The topological polar surface area (TPSA) is 76.7 Å². The summed E-state index contributed by atoms with van der Waals surface area (Å²) in [6.07, 6.45) is 0.746. The first kappa shape index (κ1) is 27.8. The number of halogens is 2. The molecule has 3 heterocycles. The maximum absolute atomic E-state index is 14.7. The molecule has 2 fully saturated rings. The van der Waals surface area contributed by atoms with Crippen molar-refractivity contribution in [1.29, 1.82) is 0 Å². The van der Waals surface area contributed by atoms with E-state index in [4.69, 9.17) is 9.15 Å². The van der Waals surface area contributed by atoms with Crippen molar-refractivity contribution in [3.8, 4) is 11.5 Å². The Hall–Kier alpha value is -3.33. The number of alkyl halides is 1. The number of benzene rings is 2. The highest BCUT2D eigenvalue weighted by molar-refractivity contribution is 9.10. The van der Waals surface area contributed by atoms with Gasteiger partial charge < -0.3 is 23.9 Å². The van der Waals surface area contributed by atoms with E-state index in [2.05, 4.69) is 44.0 Å². The number of amides is 2. The lowest BCUT2D eigenvalue weighted by molar-refractivity contribution is 0.0395. The number of piperidine rings is 1. The first-order valence-electron chi connectivity index (χ1n) is 14.2. The number of hydrogen-bond donors (Lipinski definition) is 1. The summed E-state index contributed by atoms with van der Waals surface area (Å²) in [7, 11) is 0. The molecule has 2 aromatic heterocycles. The minimum atomic E-state index is -1.25. The Morgan fingerprint density at radius 1 is 1.12 bits per heavy atom. The lowest BCUT2D eigenvalue weighted by Crippen LogP contribution is -2.54. The van der Waals surface area contributed by atoms with Crippen LogP contribution in [0.1, 0.15) is 56.0 Å². The van der Waals surface area contributed by atoms with Crippen LogP contribution in [0.15, 0.2) is 51.4 Å². The quantitative estimate of drug-likeness (QED) is 0.248. The van der Waals surface area contributed by atoms with E-state index >= 15 is 0 Å². The zero-order valence-corrected chi connectivity index (χ0v) is 25.4. The third-order valence-electron chi connectivity index (χ3n) is 7.83. The number of likely N-dealkylation sites (tertiary alicyclic amines) is 1.